The van der Waals surface area contributed by atoms with Gasteiger partial charge in [0.05, 0.1) is 11.3 Å². The van der Waals surface area contributed by atoms with Crippen LogP contribution in [-0.4, -0.2) is 34.8 Å². The average molecular weight is 222 g/mol. The smallest absolute Gasteiger partial charge is 0.255 e. The van der Waals surface area contributed by atoms with Crippen LogP contribution in [0.4, 0.5) is 0 Å². The Kier molecular flexibility index (Phi) is 2.96. The lowest BCUT2D eigenvalue weighted by molar-refractivity contribution is 0.0938. The Morgan fingerprint density at radius 1 is 1.56 bits per heavy atom. The molecule has 1 atom stereocenters. The molecule has 0 aromatic carbocycles. The van der Waals surface area contributed by atoms with E-state index in [0.29, 0.717) is 0 Å². The van der Waals surface area contributed by atoms with Crippen molar-refractivity contribution in [3.63, 3.8) is 0 Å². The summed E-state index contributed by atoms with van der Waals surface area (Å²) in [5.74, 6) is -0.00296. The number of hydrogen-bond acceptors (Lipinski definition) is 3. The van der Waals surface area contributed by atoms with Gasteiger partial charge in [0.25, 0.3) is 5.91 Å². The third kappa shape index (κ3) is 1.95. The Labute approximate surface area is 95.2 Å². The molecule has 1 saturated heterocycles. The van der Waals surface area contributed by atoms with E-state index in [9.17, 15) is 4.79 Å². The van der Waals surface area contributed by atoms with Crippen molar-refractivity contribution in [3.8, 4) is 0 Å². The average Bonchev–Trinajstić information content (AvgIpc) is 2.77. The van der Waals surface area contributed by atoms with Crippen molar-refractivity contribution in [2.45, 2.75) is 26.3 Å². The van der Waals surface area contributed by atoms with E-state index in [-0.39, 0.29) is 11.9 Å². The predicted octanol–water partition coefficient (Wildman–Crippen LogP) is 0.129. The standard InChI is InChI=1S/C11H18N4O/c1-7-10(8(2)15(3)14-7)11(16)13-9-4-5-12-6-9/h9,12H,4-6H2,1-3H3,(H,13,16)/t9-/m1/s1. The van der Waals surface area contributed by atoms with Crippen LogP contribution in [0.2, 0.25) is 0 Å². The first-order chi connectivity index (χ1) is 7.59. The van der Waals surface area contributed by atoms with Gasteiger partial charge in [-0.3, -0.25) is 9.48 Å². The molecule has 1 aromatic heterocycles. The van der Waals surface area contributed by atoms with Crippen LogP contribution < -0.4 is 10.6 Å². The maximum atomic E-state index is 12.1. The molecule has 2 rings (SSSR count). The number of nitrogens with zero attached hydrogens (tertiary/aromatic N) is 2. The van der Waals surface area contributed by atoms with E-state index < -0.39 is 0 Å². The predicted molar refractivity (Wildman–Crippen MR) is 61.4 cm³/mol. The maximum absolute atomic E-state index is 12.1. The lowest BCUT2D eigenvalue weighted by Gasteiger charge is -2.11. The van der Waals surface area contributed by atoms with E-state index in [0.717, 1.165) is 36.5 Å². The van der Waals surface area contributed by atoms with Crippen molar-refractivity contribution >= 4 is 5.91 Å². The number of rotatable bonds is 2. The fourth-order valence-electron chi connectivity index (χ4n) is 2.14. The van der Waals surface area contributed by atoms with Crippen LogP contribution in [0.1, 0.15) is 28.2 Å². The number of carbonyl (C=O) groups is 1. The van der Waals surface area contributed by atoms with Gasteiger partial charge in [0.2, 0.25) is 0 Å². The molecule has 1 aliphatic rings. The molecule has 1 aliphatic heterocycles. The van der Waals surface area contributed by atoms with Crippen molar-refractivity contribution in [2.24, 2.45) is 7.05 Å². The molecule has 0 spiro atoms. The van der Waals surface area contributed by atoms with E-state index in [1.54, 1.807) is 4.68 Å². The van der Waals surface area contributed by atoms with Gasteiger partial charge in [-0.05, 0) is 26.8 Å². The number of amides is 1. The van der Waals surface area contributed by atoms with Crippen LogP contribution in [0.15, 0.2) is 0 Å². The summed E-state index contributed by atoms with van der Waals surface area (Å²) in [6, 6.07) is 0.256. The van der Waals surface area contributed by atoms with Gasteiger partial charge in [-0.2, -0.15) is 5.10 Å². The molecule has 0 bridgehead atoms. The molecular formula is C11H18N4O. The summed E-state index contributed by atoms with van der Waals surface area (Å²) >= 11 is 0. The summed E-state index contributed by atoms with van der Waals surface area (Å²) in [5.41, 5.74) is 2.43. The highest BCUT2D eigenvalue weighted by molar-refractivity contribution is 5.96. The maximum Gasteiger partial charge on any atom is 0.255 e. The third-order valence-electron chi connectivity index (χ3n) is 3.13. The fraction of sp³-hybridized carbons (Fsp3) is 0.636. The minimum atomic E-state index is -0.00296. The number of nitrogens with one attached hydrogen (secondary N) is 2. The van der Waals surface area contributed by atoms with Crippen LogP contribution in [0.3, 0.4) is 0 Å². The van der Waals surface area contributed by atoms with E-state index in [1.807, 2.05) is 20.9 Å². The van der Waals surface area contributed by atoms with Gasteiger partial charge in [-0.1, -0.05) is 0 Å². The van der Waals surface area contributed by atoms with Gasteiger partial charge in [0, 0.05) is 25.3 Å². The molecule has 1 amide bonds. The number of hydrogen-bond donors (Lipinski definition) is 2. The van der Waals surface area contributed by atoms with Gasteiger partial charge in [-0.15, -0.1) is 0 Å². The zero-order chi connectivity index (χ0) is 11.7. The molecule has 0 unspecified atom stereocenters. The molecule has 0 radical (unpaired) electrons. The number of carbonyl (C=O) groups excluding carboxylic acids is 1. The third-order valence-corrected chi connectivity index (χ3v) is 3.13. The summed E-state index contributed by atoms with van der Waals surface area (Å²) in [7, 11) is 1.86. The topological polar surface area (TPSA) is 59.0 Å². The van der Waals surface area contributed by atoms with Crippen LogP contribution in [0.5, 0.6) is 0 Å². The molecule has 2 N–H and O–H groups in total. The Morgan fingerprint density at radius 3 is 2.81 bits per heavy atom. The van der Waals surface area contributed by atoms with Crippen molar-refractivity contribution in [3.05, 3.63) is 17.0 Å². The first-order valence-corrected chi connectivity index (χ1v) is 5.61. The van der Waals surface area contributed by atoms with Gasteiger partial charge < -0.3 is 10.6 Å². The summed E-state index contributed by atoms with van der Waals surface area (Å²) in [4.78, 5) is 12.1. The van der Waals surface area contributed by atoms with E-state index in [2.05, 4.69) is 15.7 Å². The molecule has 5 heteroatoms. The molecule has 88 valence electrons. The molecule has 16 heavy (non-hydrogen) atoms. The van der Waals surface area contributed by atoms with Crippen LogP contribution in [0, 0.1) is 13.8 Å². The van der Waals surface area contributed by atoms with Gasteiger partial charge in [0.15, 0.2) is 0 Å². The molecule has 1 aromatic rings. The molecule has 0 aliphatic carbocycles. The highest BCUT2D eigenvalue weighted by Gasteiger charge is 2.21. The van der Waals surface area contributed by atoms with E-state index in [4.69, 9.17) is 0 Å². The molecule has 1 fully saturated rings. The quantitative estimate of drug-likeness (QED) is 0.747. The zero-order valence-electron chi connectivity index (χ0n) is 10.0. The zero-order valence-corrected chi connectivity index (χ0v) is 10.0. The van der Waals surface area contributed by atoms with E-state index in [1.165, 1.54) is 0 Å². The second-order valence-electron chi connectivity index (χ2n) is 4.33. The van der Waals surface area contributed by atoms with Gasteiger partial charge in [0.1, 0.15) is 0 Å². The second-order valence-corrected chi connectivity index (χ2v) is 4.33. The first-order valence-electron chi connectivity index (χ1n) is 5.61. The van der Waals surface area contributed by atoms with Crippen molar-refractivity contribution in [1.29, 1.82) is 0 Å². The van der Waals surface area contributed by atoms with Gasteiger partial charge >= 0.3 is 0 Å². The Morgan fingerprint density at radius 2 is 2.31 bits per heavy atom. The Balaban J connectivity index is 2.13. The lowest BCUT2D eigenvalue weighted by atomic mass is 10.1. The number of aryl methyl sites for hydroxylation is 2. The summed E-state index contributed by atoms with van der Waals surface area (Å²) < 4.78 is 1.75. The van der Waals surface area contributed by atoms with Crippen LogP contribution in [0.25, 0.3) is 0 Å². The molecule has 2 heterocycles. The largest absolute Gasteiger partial charge is 0.348 e. The Bertz CT molecular complexity index is 404. The highest BCUT2D eigenvalue weighted by atomic mass is 16.1. The second kappa shape index (κ2) is 4.25. The normalized spacial score (nSPS) is 20.1. The first kappa shape index (κ1) is 11.1. The summed E-state index contributed by atoms with van der Waals surface area (Å²) in [5, 5.41) is 10.5. The SMILES string of the molecule is Cc1nn(C)c(C)c1C(=O)N[C@@H]1CCNC1. The van der Waals surface area contributed by atoms with E-state index >= 15 is 0 Å². The summed E-state index contributed by atoms with van der Waals surface area (Å²) in [6.45, 7) is 5.64. The fourth-order valence-corrected chi connectivity index (χ4v) is 2.14. The monoisotopic (exact) mass is 222 g/mol. The van der Waals surface area contributed by atoms with Crippen LogP contribution >= 0.6 is 0 Å². The minimum Gasteiger partial charge on any atom is -0.348 e. The van der Waals surface area contributed by atoms with Gasteiger partial charge in [-0.25, -0.2) is 0 Å². The molecular weight excluding hydrogens is 204 g/mol. The van der Waals surface area contributed by atoms with Crippen molar-refractivity contribution in [1.82, 2.24) is 20.4 Å². The lowest BCUT2D eigenvalue weighted by Crippen LogP contribution is -2.36. The highest BCUT2D eigenvalue weighted by Crippen LogP contribution is 2.12. The van der Waals surface area contributed by atoms with Crippen molar-refractivity contribution < 1.29 is 4.79 Å². The van der Waals surface area contributed by atoms with Crippen molar-refractivity contribution in [2.75, 3.05) is 13.1 Å². The Hall–Kier alpha value is -1.36. The summed E-state index contributed by atoms with van der Waals surface area (Å²) in [6.07, 6.45) is 1.00. The number of aromatic nitrogens is 2. The molecule has 0 saturated carbocycles. The van der Waals surface area contributed by atoms with Crippen LogP contribution in [-0.2, 0) is 7.05 Å². The molecule has 5 nitrogen and oxygen atoms in total. The minimum absolute atomic E-state index is 0.00296.